The van der Waals surface area contributed by atoms with Gasteiger partial charge in [-0.05, 0) is 36.3 Å². The molecule has 0 fully saturated rings. The van der Waals surface area contributed by atoms with E-state index >= 15 is 13.2 Å². The van der Waals surface area contributed by atoms with Crippen LogP contribution in [0.5, 0.6) is 0 Å². The monoisotopic (exact) mass is 509 g/mol. The van der Waals surface area contributed by atoms with Gasteiger partial charge in [-0.1, -0.05) is 60.7 Å². The maximum absolute atomic E-state index is 16.2. The number of rotatable bonds is 3. The standard InChI is InChI=1S/C31H19F4N3/c32-16-21-28(33)27(22-17-36-38-23-11-6-4-8-18(23)14-15-26(22)38)29(34)30(35)31(21)37-24-12-3-1-2-9-19(24)20-10-5-7-13-25(20)37/h1-8,10-15,17H,9,16H2. The zero-order chi connectivity index (χ0) is 26.0. The Kier molecular flexibility index (Phi) is 5.01. The van der Waals surface area contributed by atoms with Crippen LogP contribution in [0.15, 0.2) is 85.1 Å². The minimum Gasteiger partial charge on any atom is -0.306 e. The van der Waals surface area contributed by atoms with Crippen LogP contribution in [0, 0.1) is 17.5 Å². The lowest BCUT2D eigenvalue weighted by atomic mass is 10.00. The van der Waals surface area contributed by atoms with Crippen LogP contribution in [0.25, 0.3) is 50.2 Å². The fourth-order valence-electron chi connectivity index (χ4n) is 5.55. The van der Waals surface area contributed by atoms with Crippen LogP contribution < -0.4 is 0 Å². The van der Waals surface area contributed by atoms with E-state index in [1.165, 1.54) is 10.8 Å². The molecule has 1 aliphatic rings. The summed E-state index contributed by atoms with van der Waals surface area (Å²) in [7, 11) is 0. The molecule has 0 atom stereocenters. The molecule has 0 saturated heterocycles. The van der Waals surface area contributed by atoms with Gasteiger partial charge < -0.3 is 4.57 Å². The van der Waals surface area contributed by atoms with Gasteiger partial charge in [-0.15, -0.1) is 0 Å². The van der Waals surface area contributed by atoms with Crippen molar-refractivity contribution in [3.63, 3.8) is 0 Å². The Hall–Kier alpha value is -4.65. The van der Waals surface area contributed by atoms with Crippen molar-refractivity contribution in [3.05, 3.63) is 119 Å². The Balaban J connectivity index is 1.55. The number of hydrogen-bond acceptors (Lipinski definition) is 1. The van der Waals surface area contributed by atoms with Gasteiger partial charge in [0.1, 0.15) is 12.5 Å². The molecule has 3 nitrogen and oxygen atoms in total. The first-order valence-electron chi connectivity index (χ1n) is 12.2. The number of benzene rings is 3. The van der Waals surface area contributed by atoms with E-state index < -0.39 is 40.9 Å². The topological polar surface area (TPSA) is 22.2 Å². The van der Waals surface area contributed by atoms with Crippen LogP contribution in [0.4, 0.5) is 17.6 Å². The summed E-state index contributed by atoms with van der Waals surface area (Å²) in [6.45, 7) is -1.32. The quantitative estimate of drug-likeness (QED) is 0.175. The summed E-state index contributed by atoms with van der Waals surface area (Å²) in [5, 5.41) is 6.00. The van der Waals surface area contributed by atoms with Crippen LogP contribution in [0.1, 0.15) is 16.8 Å². The second-order valence-corrected chi connectivity index (χ2v) is 9.23. The molecule has 1 aliphatic carbocycles. The highest BCUT2D eigenvalue weighted by Crippen LogP contribution is 2.41. The van der Waals surface area contributed by atoms with E-state index in [1.54, 1.807) is 40.9 Å². The Labute approximate surface area is 214 Å². The van der Waals surface area contributed by atoms with E-state index in [9.17, 15) is 4.39 Å². The van der Waals surface area contributed by atoms with Gasteiger partial charge in [-0.2, -0.15) is 5.10 Å². The largest absolute Gasteiger partial charge is 0.306 e. The average molecular weight is 510 g/mol. The maximum atomic E-state index is 16.2. The van der Waals surface area contributed by atoms with E-state index in [1.807, 2.05) is 48.6 Å². The van der Waals surface area contributed by atoms with E-state index in [0.717, 1.165) is 21.9 Å². The van der Waals surface area contributed by atoms with Crippen LogP contribution >= 0.6 is 0 Å². The minimum absolute atomic E-state index is 0.0474. The lowest BCUT2D eigenvalue weighted by Crippen LogP contribution is -2.11. The number of aromatic nitrogens is 3. The molecular formula is C31H19F4N3. The summed E-state index contributed by atoms with van der Waals surface area (Å²) in [5.74, 6) is -3.85. The summed E-state index contributed by atoms with van der Waals surface area (Å²) in [5.41, 5.74) is 1.48. The summed E-state index contributed by atoms with van der Waals surface area (Å²) < 4.78 is 65.8. The van der Waals surface area contributed by atoms with Crippen LogP contribution in [0.3, 0.4) is 0 Å². The lowest BCUT2D eigenvalue weighted by Gasteiger charge is -2.18. The van der Waals surface area contributed by atoms with E-state index in [2.05, 4.69) is 5.10 Å². The number of nitrogens with zero attached hydrogens (tertiary/aromatic N) is 3. The third kappa shape index (κ3) is 3.05. The molecule has 0 amide bonds. The molecule has 7 heteroatoms. The van der Waals surface area contributed by atoms with E-state index in [0.29, 0.717) is 23.1 Å². The number of alkyl halides is 1. The van der Waals surface area contributed by atoms with E-state index in [-0.39, 0.29) is 5.56 Å². The predicted molar refractivity (Wildman–Crippen MR) is 142 cm³/mol. The Bertz CT molecular complexity index is 1980. The zero-order valence-electron chi connectivity index (χ0n) is 19.9. The van der Waals surface area contributed by atoms with E-state index in [4.69, 9.17) is 0 Å². The van der Waals surface area contributed by atoms with Gasteiger partial charge in [-0.25, -0.2) is 22.1 Å². The van der Waals surface area contributed by atoms with Gasteiger partial charge in [-0.3, -0.25) is 0 Å². The van der Waals surface area contributed by atoms with Gasteiger partial charge in [0.05, 0.1) is 39.7 Å². The molecule has 186 valence electrons. The first-order valence-corrected chi connectivity index (χ1v) is 12.2. The van der Waals surface area contributed by atoms with Gasteiger partial charge >= 0.3 is 0 Å². The molecule has 3 heterocycles. The zero-order valence-corrected chi connectivity index (χ0v) is 19.9. The molecule has 3 aromatic carbocycles. The van der Waals surface area contributed by atoms with Crippen LogP contribution in [0.2, 0.25) is 0 Å². The molecular weight excluding hydrogens is 490 g/mol. The van der Waals surface area contributed by atoms with Crippen molar-refractivity contribution < 1.29 is 17.6 Å². The Morgan fingerprint density at radius 1 is 0.789 bits per heavy atom. The highest BCUT2D eigenvalue weighted by molar-refractivity contribution is 5.92. The first kappa shape index (κ1) is 22.5. The van der Waals surface area contributed by atoms with Gasteiger partial charge in [0.2, 0.25) is 0 Å². The predicted octanol–water partition coefficient (Wildman–Crippen LogP) is 8.11. The molecule has 7 rings (SSSR count). The van der Waals surface area contributed by atoms with Crippen molar-refractivity contribution >= 4 is 33.4 Å². The molecule has 3 aromatic heterocycles. The third-order valence-corrected chi connectivity index (χ3v) is 7.25. The van der Waals surface area contributed by atoms with Gasteiger partial charge in [0, 0.05) is 21.9 Å². The van der Waals surface area contributed by atoms with Crippen molar-refractivity contribution in [2.24, 2.45) is 0 Å². The summed E-state index contributed by atoms with van der Waals surface area (Å²) in [6.07, 6.45) is 9.16. The Morgan fingerprint density at radius 2 is 1.58 bits per heavy atom. The molecule has 38 heavy (non-hydrogen) atoms. The summed E-state index contributed by atoms with van der Waals surface area (Å²) in [4.78, 5) is 0. The fourth-order valence-corrected chi connectivity index (χ4v) is 5.55. The van der Waals surface area contributed by atoms with Crippen molar-refractivity contribution in [2.45, 2.75) is 13.1 Å². The molecule has 0 aliphatic heterocycles. The van der Waals surface area contributed by atoms with Gasteiger partial charge in [0.25, 0.3) is 0 Å². The number of pyridine rings is 1. The third-order valence-electron chi connectivity index (χ3n) is 7.25. The number of para-hydroxylation sites is 2. The van der Waals surface area contributed by atoms with Gasteiger partial charge in [0.15, 0.2) is 11.6 Å². The number of hydrogen-bond donors (Lipinski definition) is 0. The summed E-state index contributed by atoms with van der Waals surface area (Å²) in [6, 6.07) is 18.1. The first-order chi connectivity index (χ1) is 18.6. The van der Waals surface area contributed by atoms with Crippen molar-refractivity contribution in [1.29, 1.82) is 0 Å². The maximum Gasteiger partial charge on any atom is 0.184 e. The van der Waals surface area contributed by atoms with Crippen LogP contribution in [-0.2, 0) is 13.1 Å². The highest BCUT2D eigenvalue weighted by Gasteiger charge is 2.31. The molecule has 0 N–H and O–H groups in total. The van der Waals surface area contributed by atoms with Crippen LogP contribution in [-0.4, -0.2) is 14.2 Å². The molecule has 0 unspecified atom stereocenters. The normalized spacial score (nSPS) is 13.1. The SMILES string of the molecule is FCc1c(F)c(-c2cnn3c2ccc2ccccc23)c(F)c(F)c1-n1c2c(c3ccccc31)CC=CC=C2. The highest BCUT2D eigenvalue weighted by atomic mass is 19.2. The second-order valence-electron chi connectivity index (χ2n) is 9.23. The molecule has 6 aromatic rings. The Morgan fingerprint density at radius 3 is 2.42 bits per heavy atom. The summed E-state index contributed by atoms with van der Waals surface area (Å²) >= 11 is 0. The second kappa shape index (κ2) is 8.45. The minimum atomic E-state index is -1.39. The van der Waals surface area contributed by atoms with Crippen molar-refractivity contribution in [2.75, 3.05) is 0 Å². The number of fused-ring (bicyclic) bond motifs is 6. The molecule has 0 bridgehead atoms. The lowest BCUT2D eigenvalue weighted by molar-refractivity contribution is 0.445. The molecule has 0 radical (unpaired) electrons. The smallest absolute Gasteiger partial charge is 0.184 e. The van der Waals surface area contributed by atoms with Crippen molar-refractivity contribution in [3.8, 4) is 16.8 Å². The number of halogens is 4. The number of allylic oxidation sites excluding steroid dienone is 3. The van der Waals surface area contributed by atoms with Crippen molar-refractivity contribution in [1.82, 2.24) is 14.2 Å². The fraction of sp³-hybridized carbons (Fsp3) is 0.0645. The molecule has 0 saturated carbocycles. The molecule has 0 spiro atoms. The average Bonchev–Trinajstić information content (AvgIpc) is 3.40.